The highest BCUT2D eigenvalue weighted by molar-refractivity contribution is 7.89. The van der Waals surface area contributed by atoms with Gasteiger partial charge in [0.15, 0.2) is 5.75 Å². The van der Waals surface area contributed by atoms with Crippen molar-refractivity contribution in [1.82, 2.24) is 5.32 Å². The molecule has 0 saturated carbocycles. The number of hydrogen-bond acceptors (Lipinski definition) is 6. The highest BCUT2D eigenvalue weighted by atomic mass is 32.2. The Morgan fingerprint density at radius 1 is 1.20 bits per heavy atom. The maximum atomic E-state index is 12.0. The van der Waals surface area contributed by atoms with Crippen molar-refractivity contribution >= 4 is 21.7 Å². The second-order valence-electron chi connectivity index (χ2n) is 5.15. The molecule has 134 valence electrons. The highest BCUT2D eigenvalue weighted by Gasteiger charge is 2.23. The van der Waals surface area contributed by atoms with Crippen molar-refractivity contribution in [2.45, 2.75) is 4.90 Å². The highest BCUT2D eigenvalue weighted by Crippen LogP contribution is 2.37. The maximum absolute atomic E-state index is 12.0. The topological polar surface area (TPSA) is 131 Å². The number of para-hydroxylation sites is 1. The van der Waals surface area contributed by atoms with Crippen LogP contribution in [0.2, 0.25) is 0 Å². The molecule has 8 nitrogen and oxygen atoms in total. The quantitative estimate of drug-likeness (QED) is 0.521. The Labute approximate surface area is 145 Å². The molecule has 25 heavy (non-hydrogen) atoms. The fraction of sp³-hybridized carbons (Fsp3) is 0.188. The number of nitrogens with one attached hydrogen (secondary N) is 2. The molecule has 5 N–H and O–H groups in total. The van der Waals surface area contributed by atoms with Crippen LogP contribution in [0.15, 0.2) is 47.4 Å². The van der Waals surface area contributed by atoms with E-state index in [9.17, 15) is 18.3 Å². The van der Waals surface area contributed by atoms with E-state index in [0.717, 1.165) is 6.07 Å². The molecule has 0 spiro atoms. The summed E-state index contributed by atoms with van der Waals surface area (Å²) in [6.45, 7) is 1.00. The predicted molar refractivity (Wildman–Crippen MR) is 93.7 cm³/mol. The van der Waals surface area contributed by atoms with E-state index in [4.69, 9.17) is 9.88 Å². The minimum absolute atomic E-state index is 0.0465. The molecule has 0 fully saturated rings. The largest absolute Gasteiger partial charge is 0.478 e. The van der Waals surface area contributed by atoms with Gasteiger partial charge in [-0.15, -0.1) is 0 Å². The van der Waals surface area contributed by atoms with Gasteiger partial charge in [-0.05, 0) is 31.3 Å². The summed E-state index contributed by atoms with van der Waals surface area (Å²) in [5.74, 6) is -0.922. The van der Waals surface area contributed by atoms with Crippen LogP contribution in [0, 0.1) is 0 Å². The summed E-state index contributed by atoms with van der Waals surface area (Å²) in [7, 11) is -2.45. The van der Waals surface area contributed by atoms with Crippen LogP contribution in [0.1, 0.15) is 10.4 Å². The lowest BCUT2D eigenvalue weighted by Crippen LogP contribution is -2.20. The number of nitrogens with two attached hydrogens (primary N) is 1. The van der Waals surface area contributed by atoms with Crippen molar-refractivity contribution in [2.75, 3.05) is 25.5 Å². The van der Waals surface area contributed by atoms with E-state index >= 15 is 0 Å². The summed E-state index contributed by atoms with van der Waals surface area (Å²) in [5, 5.41) is 20.4. The molecule has 2 aromatic carbocycles. The van der Waals surface area contributed by atoms with Crippen LogP contribution in [0.5, 0.6) is 11.5 Å². The van der Waals surface area contributed by atoms with E-state index in [2.05, 4.69) is 10.6 Å². The van der Waals surface area contributed by atoms with E-state index in [0.29, 0.717) is 18.8 Å². The normalized spacial score (nSPS) is 11.1. The minimum atomic E-state index is -4.21. The molecular formula is C16H19N3O5S. The van der Waals surface area contributed by atoms with Gasteiger partial charge in [0.1, 0.15) is 10.6 Å². The molecule has 2 aromatic rings. The number of carboxylic acid groups (broad SMARTS) is 1. The van der Waals surface area contributed by atoms with Crippen molar-refractivity contribution < 1.29 is 23.1 Å². The second-order valence-corrected chi connectivity index (χ2v) is 6.68. The molecule has 0 aromatic heterocycles. The number of carboxylic acids is 1. The zero-order valence-electron chi connectivity index (χ0n) is 13.5. The molecule has 0 unspecified atom stereocenters. The van der Waals surface area contributed by atoms with Gasteiger partial charge in [-0.3, -0.25) is 0 Å². The molecule has 0 radical (unpaired) electrons. The van der Waals surface area contributed by atoms with E-state index in [1.54, 1.807) is 37.4 Å². The van der Waals surface area contributed by atoms with Gasteiger partial charge in [0.05, 0.1) is 11.3 Å². The number of likely N-dealkylation sites (N-methyl/N-ethyl adjacent to an activating group) is 1. The van der Waals surface area contributed by atoms with Gasteiger partial charge in [-0.25, -0.2) is 18.4 Å². The Hall–Kier alpha value is -2.62. The lowest BCUT2D eigenvalue weighted by atomic mass is 10.2. The number of ether oxygens (including phenoxy) is 1. The van der Waals surface area contributed by atoms with Gasteiger partial charge in [0.25, 0.3) is 0 Å². The average Bonchev–Trinajstić information content (AvgIpc) is 2.56. The molecule has 0 heterocycles. The van der Waals surface area contributed by atoms with Gasteiger partial charge < -0.3 is 20.5 Å². The van der Waals surface area contributed by atoms with Crippen LogP contribution in [-0.4, -0.2) is 39.6 Å². The Bertz CT molecular complexity index is 854. The summed E-state index contributed by atoms with van der Waals surface area (Å²) < 4.78 is 29.6. The van der Waals surface area contributed by atoms with E-state index < -0.39 is 20.9 Å². The first-order valence-corrected chi connectivity index (χ1v) is 8.93. The number of sulfonamides is 1. The first-order chi connectivity index (χ1) is 11.8. The number of carbonyl (C=O) groups is 1. The van der Waals surface area contributed by atoms with Gasteiger partial charge in [0, 0.05) is 13.1 Å². The fourth-order valence-electron chi connectivity index (χ4n) is 2.10. The van der Waals surface area contributed by atoms with Crippen LogP contribution in [0.4, 0.5) is 5.69 Å². The molecule has 2 rings (SSSR count). The van der Waals surface area contributed by atoms with Gasteiger partial charge in [-0.2, -0.15) is 0 Å². The standard InChI is InChI=1S/C16H19N3O5S/c1-18-7-8-19-13-9-11(16(20)21)10-14(25(17,22)23)15(13)24-12-5-3-2-4-6-12/h2-6,9-10,18-19H,7-8H2,1H3,(H,20,21)(H2,17,22,23). The first-order valence-electron chi connectivity index (χ1n) is 7.38. The lowest BCUT2D eigenvalue weighted by Gasteiger charge is -2.17. The van der Waals surface area contributed by atoms with Gasteiger partial charge in [-0.1, -0.05) is 18.2 Å². The van der Waals surface area contributed by atoms with Crippen molar-refractivity contribution in [2.24, 2.45) is 5.14 Å². The Balaban J connectivity index is 2.59. The van der Waals surface area contributed by atoms with E-state index in [-0.39, 0.29) is 17.0 Å². The predicted octanol–water partition coefficient (Wildman–Crippen LogP) is 1.46. The summed E-state index contributed by atoms with van der Waals surface area (Å²) in [5.41, 5.74) is 0.0134. The van der Waals surface area contributed by atoms with Crippen LogP contribution in [0.3, 0.4) is 0 Å². The summed E-state index contributed by atoms with van der Waals surface area (Å²) in [6.07, 6.45) is 0. The molecule has 0 saturated heterocycles. The Morgan fingerprint density at radius 2 is 1.88 bits per heavy atom. The van der Waals surface area contributed by atoms with Crippen LogP contribution >= 0.6 is 0 Å². The fourth-order valence-corrected chi connectivity index (χ4v) is 2.80. The Kier molecular flexibility index (Phi) is 5.97. The van der Waals surface area contributed by atoms with Crippen LogP contribution in [0.25, 0.3) is 0 Å². The second kappa shape index (κ2) is 7.97. The van der Waals surface area contributed by atoms with Crippen molar-refractivity contribution in [3.8, 4) is 11.5 Å². The summed E-state index contributed by atoms with van der Waals surface area (Å²) in [4.78, 5) is 10.9. The zero-order valence-corrected chi connectivity index (χ0v) is 14.3. The lowest BCUT2D eigenvalue weighted by molar-refractivity contribution is 0.0696. The zero-order chi connectivity index (χ0) is 18.4. The maximum Gasteiger partial charge on any atom is 0.335 e. The number of benzene rings is 2. The molecule has 0 aliphatic rings. The number of rotatable bonds is 8. The number of anilines is 1. The molecular weight excluding hydrogens is 346 g/mol. The van der Waals surface area contributed by atoms with Gasteiger partial charge >= 0.3 is 5.97 Å². The number of primary sulfonamides is 1. The minimum Gasteiger partial charge on any atom is -0.478 e. The molecule has 0 aliphatic heterocycles. The SMILES string of the molecule is CNCCNc1cc(C(=O)O)cc(S(N)(=O)=O)c1Oc1ccccc1. The van der Waals surface area contributed by atoms with Crippen molar-refractivity contribution in [3.63, 3.8) is 0 Å². The number of hydrogen-bond donors (Lipinski definition) is 4. The average molecular weight is 365 g/mol. The third-order valence-corrected chi connectivity index (χ3v) is 4.18. The molecule has 0 amide bonds. The smallest absolute Gasteiger partial charge is 0.335 e. The molecule has 0 bridgehead atoms. The van der Waals surface area contributed by atoms with Crippen molar-refractivity contribution in [1.29, 1.82) is 0 Å². The Morgan fingerprint density at radius 3 is 2.44 bits per heavy atom. The summed E-state index contributed by atoms with van der Waals surface area (Å²) >= 11 is 0. The van der Waals surface area contributed by atoms with Gasteiger partial charge in [0.2, 0.25) is 10.0 Å². The van der Waals surface area contributed by atoms with Crippen molar-refractivity contribution in [3.05, 3.63) is 48.0 Å². The third-order valence-electron chi connectivity index (χ3n) is 3.26. The third kappa shape index (κ3) is 4.92. The van der Waals surface area contributed by atoms with E-state index in [1.807, 2.05) is 0 Å². The molecule has 0 atom stereocenters. The molecule has 0 aliphatic carbocycles. The monoisotopic (exact) mass is 365 g/mol. The number of aromatic carboxylic acids is 1. The first kappa shape index (κ1) is 18.7. The van der Waals surface area contributed by atoms with Crippen LogP contribution < -0.4 is 20.5 Å². The summed E-state index contributed by atoms with van der Waals surface area (Å²) in [6, 6.07) is 10.8. The molecule has 9 heteroatoms. The van der Waals surface area contributed by atoms with Crippen LogP contribution in [-0.2, 0) is 10.0 Å². The van der Waals surface area contributed by atoms with E-state index in [1.165, 1.54) is 6.07 Å².